The lowest BCUT2D eigenvalue weighted by molar-refractivity contribution is -0.140. The summed E-state index contributed by atoms with van der Waals surface area (Å²) in [5, 5.41) is 8.56. The Kier molecular flexibility index (Phi) is 6.21. The quantitative estimate of drug-likeness (QED) is 0.607. The summed E-state index contributed by atoms with van der Waals surface area (Å²) < 4.78 is 34.8. The molecule has 19 heavy (non-hydrogen) atoms. The number of hydrogen-bond acceptors (Lipinski definition) is 6. The van der Waals surface area contributed by atoms with Crippen molar-refractivity contribution in [3.05, 3.63) is 0 Å². The molecule has 1 atom stereocenters. The third kappa shape index (κ3) is 5.14. The highest BCUT2D eigenvalue weighted by Gasteiger charge is 2.27. The fourth-order valence-electron chi connectivity index (χ4n) is 1.85. The summed E-state index contributed by atoms with van der Waals surface area (Å²) in [5.74, 6) is -1.08. The van der Waals surface area contributed by atoms with E-state index < -0.39 is 21.7 Å². The maximum Gasteiger partial charge on any atom is 0.306 e. The molecule has 0 bridgehead atoms. The number of nitrogens with zero attached hydrogens (tertiary/aromatic N) is 2. The van der Waals surface area contributed by atoms with Crippen LogP contribution in [0.3, 0.4) is 0 Å². The van der Waals surface area contributed by atoms with Crippen LogP contribution in [0.2, 0.25) is 0 Å². The Hall–Kier alpha value is -1.17. The Balaban J connectivity index is 2.66. The Morgan fingerprint density at radius 1 is 1.58 bits per heavy atom. The first-order valence-corrected chi connectivity index (χ1v) is 7.63. The van der Waals surface area contributed by atoms with Crippen LogP contribution in [0.5, 0.6) is 0 Å². The molecular formula is C11H18N2O5S. The summed E-state index contributed by atoms with van der Waals surface area (Å²) >= 11 is 0. The lowest BCUT2D eigenvalue weighted by Crippen LogP contribution is -2.39. The fourth-order valence-corrected chi connectivity index (χ4v) is 2.96. The molecule has 0 aromatic carbocycles. The molecule has 0 aliphatic carbocycles. The molecule has 0 saturated carbocycles. The molecule has 7 nitrogen and oxygen atoms in total. The van der Waals surface area contributed by atoms with Gasteiger partial charge in [0.05, 0.1) is 25.7 Å². The van der Waals surface area contributed by atoms with Gasteiger partial charge in [0.25, 0.3) is 0 Å². The van der Waals surface area contributed by atoms with Crippen molar-refractivity contribution in [2.75, 3.05) is 32.6 Å². The van der Waals surface area contributed by atoms with Gasteiger partial charge < -0.3 is 9.47 Å². The first-order chi connectivity index (χ1) is 8.99. The van der Waals surface area contributed by atoms with E-state index in [2.05, 4.69) is 4.74 Å². The van der Waals surface area contributed by atoms with E-state index in [9.17, 15) is 13.2 Å². The molecule has 0 aromatic heterocycles. The minimum Gasteiger partial charge on any atom is -0.469 e. The molecule has 0 N–H and O–H groups in total. The van der Waals surface area contributed by atoms with Gasteiger partial charge in [0.1, 0.15) is 0 Å². The van der Waals surface area contributed by atoms with Gasteiger partial charge in [0.15, 0.2) is 5.75 Å². The van der Waals surface area contributed by atoms with Crippen LogP contribution < -0.4 is 0 Å². The van der Waals surface area contributed by atoms with Crippen molar-refractivity contribution in [2.24, 2.45) is 0 Å². The number of methoxy groups -OCH3 is 1. The monoisotopic (exact) mass is 290 g/mol. The summed E-state index contributed by atoms with van der Waals surface area (Å²) in [6.07, 6.45) is 1.49. The van der Waals surface area contributed by atoms with E-state index in [1.165, 1.54) is 7.11 Å². The fraction of sp³-hybridized carbons (Fsp3) is 0.818. The number of rotatable bonds is 7. The molecule has 8 heteroatoms. The van der Waals surface area contributed by atoms with Crippen LogP contribution in [0.4, 0.5) is 0 Å². The SMILES string of the molecule is COC(=O)CCN(CC1CCCO1)S(=O)(=O)CC#N. The predicted molar refractivity (Wildman–Crippen MR) is 66.6 cm³/mol. The molecule has 0 amide bonds. The maximum atomic E-state index is 11.9. The molecule has 1 aliphatic heterocycles. The average Bonchev–Trinajstić information content (AvgIpc) is 2.86. The van der Waals surface area contributed by atoms with Gasteiger partial charge in [-0.15, -0.1) is 0 Å². The highest BCUT2D eigenvalue weighted by atomic mass is 32.2. The Morgan fingerprint density at radius 2 is 2.32 bits per heavy atom. The molecule has 1 rings (SSSR count). The van der Waals surface area contributed by atoms with Crippen LogP contribution in [0, 0.1) is 11.3 Å². The van der Waals surface area contributed by atoms with Crippen molar-refractivity contribution in [1.82, 2.24) is 4.31 Å². The first-order valence-electron chi connectivity index (χ1n) is 6.03. The van der Waals surface area contributed by atoms with Gasteiger partial charge in [-0.3, -0.25) is 4.79 Å². The van der Waals surface area contributed by atoms with Crippen LogP contribution in [-0.4, -0.2) is 57.4 Å². The second-order valence-corrected chi connectivity index (χ2v) is 6.20. The lowest BCUT2D eigenvalue weighted by Gasteiger charge is -2.23. The molecular weight excluding hydrogens is 272 g/mol. The minimum absolute atomic E-state index is 0.0105. The van der Waals surface area contributed by atoms with Crippen LogP contribution in [0.25, 0.3) is 0 Å². The molecule has 1 saturated heterocycles. The summed E-state index contributed by atoms with van der Waals surface area (Å²) in [4.78, 5) is 11.1. The van der Waals surface area contributed by atoms with Crippen molar-refractivity contribution in [3.63, 3.8) is 0 Å². The van der Waals surface area contributed by atoms with Crippen molar-refractivity contribution < 1.29 is 22.7 Å². The molecule has 0 radical (unpaired) electrons. The Bertz CT molecular complexity index is 436. The normalized spacial score (nSPS) is 19.3. The zero-order chi connectivity index (χ0) is 14.3. The second kappa shape index (κ2) is 7.43. The Labute approximate surface area is 113 Å². The highest BCUT2D eigenvalue weighted by Crippen LogP contribution is 2.15. The van der Waals surface area contributed by atoms with E-state index in [0.29, 0.717) is 6.61 Å². The summed E-state index contributed by atoms with van der Waals surface area (Å²) in [5.41, 5.74) is 0. The van der Waals surface area contributed by atoms with E-state index in [4.69, 9.17) is 10.00 Å². The molecule has 1 fully saturated rings. The van der Waals surface area contributed by atoms with Gasteiger partial charge in [0.2, 0.25) is 10.0 Å². The maximum absolute atomic E-state index is 11.9. The molecule has 0 spiro atoms. The average molecular weight is 290 g/mol. The van der Waals surface area contributed by atoms with E-state index in [1.807, 2.05) is 0 Å². The smallest absolute Gasteiger partial charge is 0.306 e. The van der Waals surface area contributed by atoms with E-state index >= 15 is 0 Å². The zero-order valence-corrected chi connectivity index (χ0v) is 11.7. The highest BCUT2D eigenvalue weighted by molar-refractivity contribution is 7.89. The van der Waals surface area contributed by atoms with E-state index in [-0.39, 0.29) is 25.6 Å². The van der Waals surface area contributed by atoms with Gasteiger partial charge in [-0.2, -0.15) is 9.57 Å². The zero-order valence-electron chi connectivity index (χ0n) is 10.9. The van der Waals surface area contributed by atoms with Gasteiger partial charge in [0, 0.05) is 19.7 Å². The van der Waals surface area contributed by atoms with Crippen molar-refractivity contribution in [1.29, 1.82) is 5.26 Å². The van der Waals surface area contributed by atoms with Crippen LogP contribution >= 0.6 is 0 Å². The number of ether oxygens (including phenoxy) is 2. The Morgan fingerprint density at radius 3 is 2.84 bits per heavy atom. The largest absolute Gasteiger partial charge is 0.469 e. The third-order valence-electron chi connectivity index (χ3n) is 2.86. The van der Waals surface area contributed by atoms with E-state index in [1.54, 1.807) is 6.07 Å². The van der Waals surface area contributed by atoms with Gasteiger partial charge in [-0.05, 0) is 12.8 Å². The lowest BCUT2D eigenvalue weighted by atomic mass is 10.2. The van der Waals surface area contributed by atoms with Crippen LogP contribution in [0.1, 0.15) is 19.3 Å². The van der Waals surface area contributed by atoms with E-state index in [0.717, 1.165) is 17.1 Å². The summed E-state index contributed by atoms with van der Waals surface area (Å²) in [7, 11) is -2.43. The summed E-state index contributed by atoms with van der Waals surface area (Å²) in [6, 6.07) is 1.63. The number of esters is 1. The number of nitriles is 1. The van der Waals surface area contributed by atoms with Crippen molar-refractivity contribution >= 4 is 16.0 Å². The number of sulfonamides is 1. The molecule has 1 unspecified atom stereocenters. The third-order valence-corrected chi connectivity index (χ3v) is 4.48. The van der Waals surface area contributed by atoms with Gasteiger partial charge in [-0.1, -0.05) is 0 Å². The number of carbonyl (C=O) groups excluding carboxylic acids is 1. The molecule has 108 valence electrons. The first kappa shape index (κ1) is 15.9. The standard InChI is InChI=1S/C11H18N2O5S/c1-17-11(14)4-6-13(19(15,16)8-5-12)9-10-3-2-7-18-10/h10H,2-4,6-9H2,1H3. The summed E-state index contributed by atoms with van der Waals surface area (Å²) in [6.45, 7) is 0.811. The molecule has 1 aliphatic rings. The number of hydrogen-bond donors (Lipinski definition) is 0. The van der Waals surface area contributed by atoms with Crippen LogP contribution in [0.15, 0.2) is 0 Å². The predicted octanol–water partition coefficient (Wildman–Crippen LogP) is -0.116. The van der Waals surface area contributed by atoms with Gasteiger partial charge in [-0.25, -0.2) is 8.42 Å². The van der Waals surface area contributed by atoms with Crippen molar-refractivity contribution in [3.8, 4) is 6.07 Å². The van der Waals surface area contributed by atoms with Crippen molar-refractivity contribution in [2.45, 2.75) is 25.4 Å². The minimum atomic E-state index is -3.68. The van der Waals surface area contributed by atoms with Crippen LogP contribution in [-0.2, 0) is 24.3 Å². The number of carbonyl (C=O) groups is 1. The molecule has 0 aromatic rings. The molecule has 1 heterocycles. The second-order valence-electron chi connectivity index (χ2n) is 4.23. The van der Waals surface area contributed by atoms with Gasteiger partial charge >= 0.3 is 5.97 Å². The topological polar surface area (TPSA) is 96.7 Å².